The monoisotopic (exact) mass is 435 g/mol. The van der Waals surface area contributed by atoms with Crippen LogP contribution in [0.4, 0.5) is 0 Å². The van der Waals surface area contributed by atoms with E-state index in [1.54, 1.807) is 12.3 Å². The van der Waals surface area contributed by atoms with Crippen LogP contribution in [0, 0.1) is 25.2 Å². The number of benzene rings is 3. The van der Waals surface area contributed by atoms with E-state index in [-0.39, 0.29) is 6.61 Å². The van der Waals surface area contributed by atoms with E-state index in [1.165, 1.54) is 0 Å². The van der Waals surface area contributed by atoms with E-state index < -0.39 is 0 Å². The van der Waals surface area contributed by atoms with E-state index in [4.69, 9.17) is 9.57 Å². The fourth-order valence-electron chi connectivity index (χ4n) is 3.70. The molecule has 0 N–H and O–H groups in total. The van der Waals surface area contributed by atoms with Crippen molar-refractivity contribution in [2.75, 3.05) is 0 Å². The van der Waals surface area contributed by atoms with Crippen LogP contribution in [0.2, 0.25) is 0 Å². The Kier molecular flexibility index (Phi) is 6.87. The van der Waals surface area contributed by atoms with Gasteiger partial charge in [0.2, 0.25) is 0 Å². The van der Waals surface area contributed by atoms with Crippen molar-refractivity contribution in [1.29, 1.82) is 5.26 Å². The van der Waals surface area contributed by atoms with Crippen LogP contribution in [0.5, 0.6) is 5.75 Å². The molecule has 0 aliphatic carbocycles. The minimum Gasteiger partial charge on any atom is -0.489 e. The van der Waals surface area contributed by atoms with Crippen LogP contribution in [-0.2, 0) is 18.1 Å². The Morgan fingerprint density at radius 1 is 0.909 bits per heavy atom. The van der Waals surface area contributed by atoms with Gasteiger partial charge in [0.25, 0.3) is 0 Å². The van der Waals surface area contributed by atoms with Crippen molar-refractivity contribution < 1.29 is 9.57 Å². The number of nitrogens with zero attached hydrogens (tertiary/aromatic N) is 3. The van der Waals surface area contributed by atoms with Gasteiger partial charge in [-0.2, -0.15) is 5.26 Å². The SMILES string of the molecule is Cc1cc(/C=N\OCc2ccccc2C#N)c(C)n1-c1ccc(OCc2ccccc2)cc1. The summed E-state index contributed by atoms with van der Waals surface area (Å²) in [6, 6.07) is 29.8. The molecule has 0 fully saturated rings. The van der Waals surface area contributed by atoms with Crippen LogP contribution < -0.4 is 4.74 Å². The van der Waals surface area contributed by atoms with Gasteiger partial charge in [0.15, 0.2) is 0 Å². The zero-order valence-corrected chi connectivity index (χ0v) is 18.7. The maximum atomic E-state index is 9.18. The molecule has 164 valence electrons. The second kappa shape index (κ2) is 10.3. The number of aromatic nitrogens is 1. The lowest BCUT2D eigenvalue weighted by molar-refractivity contribution is 0.132. The standard InChI is InChI=1S/C28H25N3O2/c1-21-16-26(18-30-33-20-25-11-7-6-10-24(25)17-29)22(2)31(21)27-12-14-28(15-13-27)32-19-23-8-4-3-5-9-23/h3-16,18H,19-20H2,1-2H3/b30-18-. The van der Waals surface area contributed by atoms with Crippen molar-refractivity contribution in [1.82, 2.24) is 4.57 Å². The third kappa shape index (κ3) is 5.31. The zero-order valence-electron chi connectivity index (χ0n) is 18.7. The molecule has 4 aromatic rings. The summed E-state index contributed by atoms with van der Waals surface area (Å²) in [4.78, 5) is 5.45. The van der Waals surface area contributed by atoms with Gasteiger partial charge in [-0.25, -0.2) is 0 Å². The van der Waals surface area contributed by atoms with Gasteiger partial charge in [-0.1, -0.05) is 53.7 Å². The van der Waals surface area contributed by atoms with Gasteiger partial charge in [-0.15, -0.1) is 0 Å². The van der Waals surface area contributed by atoms with E-state index in [9.17, 15) is 5.26 Å². The molecular formula is C28H25N3O2. The van der Waals surface area contributed by atoms with Crippen molar-refractivity contribution >= 4 is 6.21 Å². The quantitative estimate of drug-likeness (QED) is 0.248. The maximum absolute atomic E-state index is 9.18. The molecule has 3 aromatic carbocycles. The van der Waals surface area contributed by atoms with Crippen LogP contribution in [0.25, 0.3) is 5.69 Å². The molecule has 0 bridgehead atoms. The molecule has 1 heterocycles. The van der Waals surface area contributed by atoms with Crippen LogP contribution in [0.1, 0.15) is 33.6 Å². The first-order valence-corrected chi connectivity index (χ1v) is 10.7. The number of oxime groups is 1. The third-order valence-electron chi connectivity index (χ3n) is 5.44. The summed E-state index contributed by atoms with van der Waals surface area (Å²) in [7, 11) is 0. The smallest absolute Gasteiger partial charge is 0.143 e. The predicted octanol–water partition coefficient (Wildman–Crippen LogP) is 6.10. The number of nitriles is 1. The summed E-state index contributed by atoms with van der Waals surface area (Å²) in [5, 5.41) is 13.3. The molecule has 5 heteroatoms. The topological polar surface area (TPSA) is 59.5 Å². The summed E-state index contributed by atoms with van der Waals surface area (Å²) in [6.45, 7) is 4.91. The number of aryl methyl sites for hydroxylation is 1. The molecule has 33 heavy (non-hydrogen) atoms. The minimum atomic E-state index is 0.253. The summed E-state index contributed by atoms with van der Waals surface area (Å²) < 4.78 is 8.07. The molecular weight excluding hydrogens is 410 g/mol. The lowest BCUT2D eigenvalue weighted by Crippen LogP contribution is -2.00. The molecule has 0 saturated carbocycles. The highest BCUT2D eigenvalue weighted by molar-refractivity contribution is 5.81. The Balaban J connectivity index is 1.41. The summed E-state index contributed by atoms with van der Waals surface area (Å²) >= 11 is 0. The average Bonchev–Trinajstić information content (AvgIpc) is 3.14. The molecule has 0 radical (unpaired) electrons. The van der Waals surface area contributed by atoms with Crippen molar-refractivity contribution in [2.24, 2.45) is 5.16 Å². The minimum absolute atomic E-state index is 0.253. The lowest BCUT2D eigenvalue weighted by atomic mass is 10.1. The maximum Gasteiger partial charge on any atom is 0.143 e. The second-order valence-corrected chi connectivity index (χ2v) is 7.71. The fraction of sp³-hybridized carbons (Fsp3) is 0.143. The Labute approximate surface area is 194 Å². The second-order valence-electron chi connectivity index (χ2n) is 7.71. The highest BCUT2D eigenvalue weighted by Gasteiger charge is 2.10. The van der Waals surface area contributed by atoms with Crippen LogP contribution in [-0.4, -0.2) is 10.8 Å². The van der Waals surface area contributed by atoms with E-state index in [2.05, 4.69) is 60.0 Å². The molecule has 4 rings (SSSR count). The molecule has 1 aromatic heterocycles. The molecule has 0 spiro atoms. The number of hydrogen-bond acceptors (Lipinski definition) is 4. The molecule has 0 aliphatic heterocycles. The summed E-state index contributed by atoms with van der Waals surface area (Å²) in [5.41, 5.74) is 6.75. The van der Waals surface area contributed by atoms with E-state index in [0.29, 0.717) is 12.2 Å². The Morgan fingerprint density at radius 2 is 1.64 bits per heavy atom. The van der Waals surface area contributed by atoms with Gasteiger partial charge in [0.05, 0.1) is 17.8 Å². The Bertz CT molecular complexity index is 1280. The molecule has 0 saturated heterocycles. The number of hydrogen-bond donors (Lipinski definition) is 0. The first kappa shape index (κ1) is 21.9. The molecule has 5 nitrogen and oxygen atoms in total. The zero-order chi connectivity index (χ0) is 23.0. The largest absolute Gasteiger partial charge is 0.489 e. The van der Waals surface area contributed by atoms with E-state index >= 15 is 0 Å². The van der Waals surface area contributed by atoms with Crippen molar-refractivity contribution in [3.05, 3.63) is 119 Å². The van der Waals surface area contributed by atoms with Crippen molar-refractivity contribution in [3.8, 4) is 17.5 Å². The van der Waals surface area contributed by atoms with E-state index in [0.717, 1.165) is 39.5 Å². The molecule has 0 amide bonds. The fourth-order valence-corrected chi connectivity index (χ4v) is 3.70. The highest BCUT2D eigenvalue weighted by Crippen LogP contribution is 2.23. The predicted molar refractivity (Wildman–Crippen MR) is 130 cm³/mol. The van der Waals surface area contributed by atoms with Gasteiger partial charge < -0.3 is 14.1 Å². The number of rotatable bonds is 8. The Hall–Kier alpha value is -4.30. The summed E-state index contributed by atoms with van der Waals surface area (Å²) in [6.07, 6.45) is 1.71. The first-order valence-electron chi connectivity index (χ1n) is 10.7. The van der Waals surface area contributed by atoms with Crippen LogP contribution in [0.15, 0.2) is 90.1 Å². The molecule has 0 atom stereocenters. The molecule has 0 unspecified atom stereocenters. The summed E-state index contributed by atoms with van der Waals surface area (Å²) in [5.74, 6) is 0.831. The Morgan fingerprint density at radius 3 is 2.39 bits per heavy atom. The van der Waals surface area contributed by atoms with Gasteiger partial charge >= 0.3 is 0 Å². The van der Waals surface area contributed by atoms with Crippen LogP contribution >= 0.6 is 0 Å². The van der Waals surface area contributed by atoms with Gasteiger partial charge in [-0.3, -0.25) is 0 Å². The first-order chi connectivity index (χ1) is 16.2. The van der Waals surface area contributed by atoms with Crippen molar-refractivity contribution in [2.45, 2.75) is 27.1 Å². The highest BCUT2D eigenvalue weighted by atomic mass is 16.6. The van der Waals surface area contributed by atoms with Gasteiger partial charge in [0.1, 0.15) is 19.0 Å². The molecule has 0 aliphatic rings. The average molecular weight is 436 g/mol. The third-order valence-corrected chi connectivity index (χ3v) is 5.44. The van der Waals surface area contributed by atoms with Gasteiger partial charge in [-0.05, 0) is 55.8 Å². The van der Waals surface area contributed by atoms with Crippen molar-refractivity contribution in [3.63, 3.8) is 0 Å². The number of ether oxygens (including phenoxy) is 1. The lowest BCUT2D eigenvalue weighted by Gasteiger charge is -2.11. The van der Waals surface area contributed by atoms with E-state index in [1.807, 2.05) is 48.5 Å². The van der Waals surface area contributed by atoms with Gasteiger partial charge in [0, 0.05) is 28.2 Å². The normalized spacial score (nSPS) is 10.8. The van der Waals surface area contributed by atoms with Crippen LogP contribution in [0.3, 0.4) is 0 Å².